The Morgan fingerprint density at radius 3 is 3.00 bits per heavy atom. The molecule has 0 spiro atoms. The highest BCUT2D eigenvalue weighted by Crippen LogP contribution is 2.28. The molecule has 3 rings (SSSR count). The first-order valence-corrected chi connectivity index (χ1v) is 7.47. The molecule has 3 nitrogen and oxygen atoms in total. The maximum absolute atomic E-state index is 4.43. The SMILES string of the molecule is CC1=CC(C)CC(CNc2ccc3nc(C)[nH]c3c2)C1. The normalized spacial score (nSPS) is 22.9. The van der Waals surface area contributed by atoms with E-state index in [1.807, 2.05) is 6.92 Å². The first-order valence-electron chi connectivity index (χ1n) is 7.47. The molecule has 0 fully saturated rings. The predicted molar refractivity (Wildman–Crippen MR) is 85.0 cm³/mol. The summed E-state index contributed by atoms with van der Waals surface area (Å²) >= 11 is 0. The number of aryl methyl sites for hydroxylation is 1. The maximum atomic E-state index is 4.43. The van der Waals surface area contributed by atoms with Gasteiger partial charge in [-0.1, -0.05) is 18.6 Å². The van der Waals surface area contributed by atoms with Crippen molar-refractivity contribution in [2.75, 3.05) is 11.9 Å². The fourth-order valence-electron chi connectivity index (χ4n) is 3.35. The fourth-order valence-corrected chi connectivity index (χ4v) is 3.35. The second-order valence-electron chi connectivity index (χ2n) is 6.23. The van der Waals surface area contributed by atoms with E-state index < -0.39 is 0 Å². The summed E-state index contributed by atoms with van der Waals surface area (Å²) in [5, 5.41) is 3.58. The lowest BCUT2D eigenvalue weighted by molar-refractivity contribution is 0.421. The van der Waals surface area contributed by atoms with Crippen molar-refractivity contribution >= 4 is 16.7 Å². The minimum Gasteiger partial charge on any atom is -0.385 e. The zero-order valence-electron chi connectivity index (χ0n) is 12.5. The Hall–Kier alpha value is -1.77. The molecule has 2 N–H and O–H groups in total. The molecular formula is C17H23N3. The molecule has 3 heteroatoms. The molecule has 0 amide bonds. The number of rotatable bonds is 3. The number of fused-ring (bicyclic) bond motifs is 1. The minimum atomic E-state index is 0.716. The van der Waals surface area contributed by atoms with Crippen LogP contribution in [0.3, 0.4) is 0 Å². The third kappa shape index (κ3) is 2.87. The lowest BCUT2D eigenvalue weighted by Crippen LogP contribution is -2.20. The van der Waals surface area contributed by atoms with Crippen molar-refractivity contribution in [2.24, 2.45) is 11.8 Å². The van der Waals surface area contributed by atoms with Crippen LogP contribution >= 0.6 is 0 Å². The van der Waals surface area contributed by atoms with Gasteiger partial charge in [-0.25, -0.2) is 4.98 Å². The number of H-pyrrole nitrogens is 1. The molecule has 2 atom stereocenters. The van der Waals surface area contributed by atoms with E-state index in [2.05, 4.69) is 53.4 Å². The summed E-state index contributed by atoms with van der Waals surface area (Å²) in [6.45, 7) is 7.61. The van der Waals surface area contributed by atoms with Crippen LogP contribution in [0.1, 0.15) is 32.5 Å². The van der Waals surface area contributed by atoms with Crippen LogP contribution in [0.2, 0.25) is 0 Å². The molecule has 0 aliphatic heterocycles. The van der Waals surface area contributed by atoms with Crippen molar-refractivity contribution in [1.29, 1.82) is 0 Å². The zero-order valence-corrected chi connectivity index (χ0v) is 12.5. The number of nitrogens with zero attached hydrogens (tertiary/aromatic N) is 1. The van der Waals surface area contributed by atoms with E-state index in [0.29, 0.717) is 5.92 Å². The summed E-state index contributed by atoms with van der Waals surface area (Å²) in [4.78, 5) is 7.72. The van der Waals surface area contributed by atoms with Gasteiger partial charge in [-0.15, -0.1) is 0 Å². The second-order valence-corrected chi connectivity index (χ2v) is 6.23. The van der Waals surface area contributed by atoms with Gasteiger partial charge >= 0.3 is 0 Å². The number of benzene rings is 1. The largest absolute Gasteiger partial charge is 0.385 e. The number of imidazole rings is 1. The Morgan fingerprint density at radius 2 is 2.20 bits per heavy atom. The third-order valence-electron chi connectivity index (χ3n) is 4.08. The topological polar surface area (TPSA) is 40.7 Å². The van der Waals surface area contributed by atoms with E-state index in [0.717, 1.165) is 29.3 Å². The van der Waals surface area contributed by atoms with Gasteiger partial charge in [0.1, 0.15) is 5.82 Å². The molecule has 1 heterocycles. The highest BCUT2D eigenvalue weighted by atomic mass is 14.9. The summed E-state index contributed by atoms with van der Waals surface area (Å²) in [6.07, 6.45) is 4.93. The van der Waals surface area contributed by atoms with E-state index in [9.17, 15) is 0 Å². The van der Waals surface area contributed by atoms with Gasteiger partial charge in [0.15, 0.2) is 0 Å². The standard InChI is InChI=1S/C17H23N3/c1-11-6-12(2)8-14(7-11)10-18-15-4-5-16-17(9-15)20-13(3)19-16/h4-6,9,11,14,18H,7-8,10H2,1-3H3,(H,19,20). The van der Waals surface area contributed by atoms with E-state index >= 15 is 0 Å². The summed E-state index contributed by atoms with van der Waals surface area (Å²) in [5.41, 5.74) is 4.87. The van der Waals surface area contributed by atoms with E-state index in [4.69, 9.17) is 0 Å². The van der Waals surface area contributed by atoms with Gasteiger partial charge in [0.2, 0.25) is 0 Å². The Labute approximate surface area is 120 Å². The van der Waals surface area contributed by atoms with Gasteiger partial charge in [-0.05, 0) is 56.7 Å². The first-order chi connectivity index (χ1) is 9.60. The molecule has 106 valence electrons. The Kier molecular flexibility index (Phi) is 3.51. The molecule has 0 bridgehead atoms. The Balaban J connectivity index is 1.66. The van der Waals surface area contributed by atoms with Crippen molar-refractivity contribution in [3.8, 4) is 0 Å². The summed E-state index contributed by atoms with van der Waals surface area (Å²) in [5.74, 6) is 2.43. The van der Waals surface area contributed by atoms with Crippen LogP contribution < -0.4 is 5.32 Å². The van der Waals surface area contributed by atoms with Crippen LogP contribution in [0, 0.1) is 18.8 Å². The van der Waals surface area contributed by atoms with E-state index in [1.54, 1.807) is 0 Å². The van der Waals surface area contributed by atoms with Crippen LogP contribution in [0.15, 0.2) is 29.8 Å². The summed E-state index contributed by atoms with van der Waals surface area (Å²) < 4.78 is 0. The summed E-state index contributed by atoms with van der Waals surface area (Å²) in [7, 11) is 0. The molecule has 0 radical (unpaired) electrons. The van der Waals surface area contributed by atoms with Crippen molar-refractivity contribution < 1.29 is 0 Å². The number of anilines is 1. The van der Waals surface area contributed by atoms with Crippen molar-refractivity contribution in [3.63, 3.8) is 0 Å². The average molecular weight is 269 g/mol. The van der Waals surface area contributed by atoms with Gasteiger partial charge in [0.25, 0.3) is 0 Å². The first kappa shape index (κ1) is 13.2. The average Bonchev–Trinajstić information content (AvgIpc) is 2.74. The molecule has 1 aromatic heterocycles. The molecule has 1 aromatic carbocycles. The highest BCUT2D eigenvalue weighted by molar-refractivity contribution is 5.79. The number of allylic oxidation sites excluding steroid dienone is 2. The monoisotopic (exact) mass is 269 g/mol. The number of hydrogen-bond donors (Lipinski definition) is 2. The molecule has 1 aliphatic rings. The van der Waals surface area contributed by atoms with Gasteiger partial charge in [0.05, 0.1) is 11.0 Å². The number of nitrogens with one attached hydrogen (secondary N) is 2. The zero-order chi connectivity index (χ0) is 14.1. The van der Waals surface area contributed by atoms with Gasteiger partial charge in [0, 0.05) is 12.2 Å². The quantitative estimate of drug-likeness (QED) is 0.817. The number of hydrogen-bond acceptors (Lipinski definition) is 2. The minimum absolute atomic E-state index is 0.716. The molecular weight excluding hydrogens is 246 g/mol. The molecule has 2 unspecified atom stereocenters. The number of aromatic amines is 1. The van der Waals surface area contributed by atoms with Gasteiger partial charge in [-0.2, -0.15) is 0 Å². The highest BCUT2D eigenvalue weighted by Gasteiger charge is 2.17. The molecule has 0 saturated heterocycles. The van der Waals surface area contributed by atoms with Crippen molar-refractivity contribution in [1.82, 2.24) is 9.97 Å². The van der Waals surface area contributed by atoms with Gasteiger partial charge in [-0.3, -0.25) is 0 Å². The van der Waals surface area contributed by atoms with Crippen LogP contribution in [-0.2, 0) is 0 Å². The summed E-state index contributed by atoms with van der Waals surface area (Å²) in [6, 6.07) is 6.36. The lowest BCUT2D eigenvalue weighted by atomic mass is 9.84. The van der Waals surface area contributed by atoms with E-state index in [1.165, 1.54) is 24.1 Å². The van der Waals surface area contributed by atoms with Crippen LogP contribution in [0.25, 0.3) is 11.0 Å². The second kappa shape index (κ2) is 5.31. The maximum Gasteiger partial charge on any atom is 0.104 e. The third-order valence-corrected chi connectivity index (χ3v) is 4.08. The fraction of sp³-hybridized carbons (Fsp3) is 0.471. The molecule has 2 aromatic rings. The van der Waals surface area contributed by atoms with Gasteiger partial charge < -0.3 is 10.3 Å². The Morgan fingerprint density at radius 1 is 1.35 bits per heavy atom. The van der Waals surface area contributed by atoms with Crippen molar-refractivity contribution in [2.45, 2.75) is 33.6 Å². The number of aromatic nitrogens is 2. The molecule has 1 aliphatic carbocycles. The Bertz CT molecular complexity index is 639. The van der Waals surface area contributed by atoms with Crippen LogP contribution in [0.5, 0.6) is 0 Å². The lowest BCUT2D eigenvalue weighted by Gasteiger charge is -2.26. The van der Waals surface area contributed by atoms with Crippen LogP contribution in [-0.4, -0.2) is 16.5 Å². The smallest absolute Gasteiger partial charge is 0.104 e. The molecule has 0 saturated carbocycles. The van der Waals surface area contributed by atoms with Crippen molar-refractivity contribution in [3.05, 3.63) is 35.7 Å². The molecule has 20 heavy (non-hydrogen) atoms. The predicted octanol–water partition coefficient (Wildman–Crippen LogP) is 4.28. The van der Waals surface area contributed by atoms with E-state index in [-0.39, 0.29) is 0 Å². The van der Waals surface area contributed by atoms with Crippen LogP contribution in [0.4, 0.5) is 5.69 Å².